The third-order valence-electron chi connectivity index (χ3n) is 3.15. The standard InChI is InChI=1S/C9H18N6.C6H12N6O3/c1-13(2)7-10-8(14(3)4)12-9(11-7)15(5)6;13-1-7-4-10-5(8-2-14)12-6(11-4)9-3-15/h1-6H3;13-15H,1-3H2,(H3,7,8,9,10,11,12). The molecule has 0 spiro atoms. The van der Waals surface area contributed by atoms with E-state index < -0.39 is 0 Å². The Morgan fingerprint density at radius 3 is 0.900 bits per heavy atom. The minimum atomic E-state index is -0.332. The Bertz CT molecular complexity index is 650. The molecule has 0 aromatic carbocycles. The Kier molecular flexibility index (Phi) is 10.1. The topological polar surface area (TPSA) is 184 Å². The lowest BCUT2D eigenvalue weighted by Crippen LogP contribution is -2.22. The SMILES string of the molecule is CN(C)c1nc(N(C)C)nc(N(C)C)n1.OCNc1nc(NCO)nc(NCO)n1. The van der Waals surface area contributed by atoms with E-state index in [9.17, 15) is 0 Å². The third-order valence-corrected chi connectivity index (χ3v) is 3.15. The van der Waals surface area contributed by atoms with Gasteiger partial charge in [0.15, 0.2) is 0 Å². The molecular weight excluding hydrogens is 396 g/mol. The van der Waals surface area contributed by atoms with E-state index >= 15 is 0 Å². The van der Waals surface area contributed by atoms with Gasteiger partial charge in [0.1, 0.15) is 20.2 Å². The summed E-state index contributed by atoms with van der Waals surface area (Å²) >= 11 is 0. The van der Waals surface area contributed by atoms with Crippen LogP contribution < -0.4 is 30.7 Å². The molecule has 0 radical (unpaired) electrons. The van der Waals surface area contributed by atoms with E-state index in [2.05, 4.69) is 45.9 Å². The number of nitrogens with one attached hydrogen (secondary N) is 3. The van der Waals surface area contributed by atoms with Crippen molar-refractivity contribution in [1.29, 1.82) is 0 Å². The summed E-state index contributed by atoms with van der Waals surface area (Å²) in [5.41, 5.74) is 0. The van der Waals surface area contributed by atoms with Gasteiger partial charge in [-0.3, -0.25) is 0 Å². The predicted octanol–water partition coefficient (Wildman–Crippen LogP) is -1.97. The lowest BCUT2D eigenvalue weighted by atomic mass is 10.7. The zero-order valence-electron chi connectivity index (χ0n) is 18.0. The molecule has 2 aromatic rings. The summed E-state index contributed by atoms with van der Waals surface area (Å²) in [6, 6.07) is 0. The third kappa shape index (κ3) is 7.98. The van der Waals surface area contributed by atoms with E-state index in [-0.39, 0.29) is 38.0 Å². The molecule has 0 atom stereocenters. The molecule has 0 amide bonds. The largest absolute Gasteiger partial charge is 0.376 e. The zero-order valence-corrected chi connectivity index (χ0v) is 18.0. The van der Waals surface area contributed by atoms with Crippen LogP contribution in [-0.2, 0) is 0 Å². The van der Waals surface area contributed by atoms with Gasteiger partial charge in [-0.2, -0.15) is 29.9 Å². The van der Waals surface area contributed by atoms with Crippen LogP contribution in [0.15, 0.2) is 0 Å². The summed E-state index contributed by atoms with van der Waals surface area (Å²) in [5, 5.41) is 33.2. The zero-order chi connectivity index (χ0) is 22.7. The molecule has 0 saturated heterocycles. The van der Waals surface area contributed by atoms with E-state index in [4.69, 9.17) is 15.3 Å². The van der Waals surface area contributed by atoms with Crippen molar-refractivity contribution in [2.45, 2.75) is 0 Å². The van der Waals surface area contributed by atoms with Crippen LogP contribution in [0.3, 0.4) is 0 Å². The maximum Gasteiger partial charge on any atom is 0.231 e. The van der Waals surface area contributed by atoms with Crippen LogP contribution in [0.2, 0.25) is 0 Å². The number of nitrogens with zero attached hydrogens (tertiary/aromatic N) is 9. The van der Waals surface area contributed by atoms with Gasteiger partial charge in [0, 0.05) is 42.3 Å². The molecule has 6 N–H and O–H groups in total. The van der Waals surface area contributed by atoms with Gasteiger partial charge in [-0.15, -0.1) is 0 Å². The first-order chi connectivity index (χ1) is 14.2. The lowest BCUT2D eigenvalue weighted by Gasteiger charge is -2.18. The average molecular weight is 426 g/mol. The van der Waals surface area contributed by atoms with Gasteiger partial charge in [-0.25, -0.2) is 0 Å². The van der Waals surface area contributed by atoms with E-state index in [1.165, 1.54) is 0 Å². The number of anilines is 6. The van der Waals surface area contributed by atoms with Crippen molar-refractivity contribution < 1.29 is 15.3 Å². The highest BCUT2D eigenvalue weighted by Gasteiger charge is 2.10. The summed E-state index contributed by atoms with van der Waals surface area (Å²) in [6.07, 6.45) is 0. The van der Waals surface area contributed by atoms with Gasteiger partial charge in [0.05, 0.1) is 0 Å². The molecular formula is C15H30N12O3. The Morgan fingerprint density at radius 2 is 0.733 bits per heavy atom. The number of aromatic nitrogens is 6. The maximum atomic E-state index is 8.61. The van der Waals surface area contributed by atoms with Crippen molar-refractivity contribution in [2.24, 2.45) is 0 Å². The van der Waals surface area contributed by atoms with Gasteiger partial charge in [-0.1, -0.05) is 0 Å². The molecule has 15 heteroatoms. The quantitative estimate of drug-likeness (QED) is 0.242. The first kappa shape index (κ1) is 24.7. The molecule has 0 unspecified atom stereocenters. The Labute approximate surface area is 174 Å². The van der Waals surface area contributed by atoms with Crippen LogP contribution in [-0.4, -0.2) is 108 Å². The number of hydrogen-bond donors (Lipinski definition) is 6. The number of aliphatic hydroxyl groups excluding tert-OH is 3. The molecule has 15 nitrogen and oxygen atoms in total. The van der Waals surface area contributed by atoms with Crippen molar-refractivity contribution in [3.05, 3.63) is 0 Å². The Balaban J connectivity index is 0.000000300. The van der Waals surface area contributed by atoms with Crippen molar-refractivity contribution in [3.8, 4) is 0 Å². The second kappa shape index (κ2) is 12.3. The summed E-state index contributed by atoms with van der Waals surface area (Å²) in [7, 11) is 11.5. The van der Waals surface area contributed by atoms with Crippen LogP contribution >= 0.6 is 0 Å². The molecule has 0 aliphatic heterocycles. The summed E-state index contributed by atoms with van der Waals surface area (Å²) in [4.78, 5) is 30.0. The second-order valence-electron chi connectivity index (χ2n) is 6.23. The molecule has 0 aliphatic rings. The molecule has 2 aromatic heterocycles. The molecule has 168 valence electrons. The maximum absolute atomic E-state index is 8.61. The van der Waals surface area contributed by atoms with Crippen LogP contribution in [0, 0.1) is 0 Å². The molecule has 0 bridgehead atoms. The van der Waals surface area contributed by atoms with Crippen molar-refractivity contribution in [3.63, 3.8) is 0 Å². The first-order valence-electron chi connectivity index (χ1n) is 8.80. The normalized spacial score (nSPS) is 9.90. The van der Waals surface area contributed by atoms with Gasteiger partial charge < -0.3 is 46.0 Å². The van der Waals surface area contributed by atoms with Crippen molar-refractivity contribution in [2.75, 3.05) is 93.1 Å². The van der Waals surface area contributed by atoms with Crippen molar-refractivity contribution in [1.82, 2.24) is 29.9 Å². The number of rotatable bonds is 9. The highest BCUT2D eigenvalue weighted by atomic mass is 16.3. The predicted molar refractivity (Wildman–Crippen MR) is 115 cm³/mol. The number of aliphatic hydroxyl groups is 3. The smallest absolute Gasteiger partial charge is 0.231 e. The molecule has 2 heterocycles. The van der Waals surface area contributed by atoms with E-state index in [1.54, 1.807) is 0 Å². The van der Waals surface area contributed by atoms with Crippen LogP contribution in [0.1, 0.15) is 0 Å². The molecule has 0 aliphatic carbocycles. The van der Waals surface area contributed by atoms with Gasteiger partial charge in [-0.05, 0) is 0 Å². The van der Waals surface area contributed by atoms with E-state index in [0.717, 1.165) is 0 Å². The monoisotopic (exact) mass is 426 g/mol. The summed E-state index contributed by atoms with van der Waals surface area (Å²) in [6.45, 7) is -0.997. The molecule has 30 heavy (non-hydrogen) atoms. The Hall–Kier alpha value is -3.30. The molecule has 0 saturated carbocycles. The molecule has 2 rings (SSSR count). The fraction of sp³-hybridized carbons (Fsp3) is 0.600. The minimum absolute atomic E-state index is 0.124. The fourth-order valence-corrected chi connectivity index (χ4v) is 1.77. The van der Waals surface area contributed by atoms with Gasteiger partial charge in [0.25, 0.3) is 0 Å². The number of hydrogen-bond acceptors (Lipinski definition) is 15. The first-order valence-corrected chi connectivity index (χ1v) is 8.80. The van der Waals surface area contributed by atoms with E-state index in [1.807, 2.05) is 57.0 Å². The lowest BCUT2D eigenvalue weighted by molar-refractivity contribution is 0.322. The van der Waals surface area contributed by atoms with Gasteiger partial charge >= 0.3 is 0 Å². The summed E-state index contributed by atoms with van der Waals surface area (Å²) < 4.78 is 0. The van der Waals surface area contributed by atoms with Crippen LogP contribution in [0.5, 0.6) is 0 Å². The average Bonchev–Trinajstić information content (AvgIpc) is 2.68. The van der Waals surface area contributed by atoms with Crippen molar-refractivity contribution >= 4 is 35.7 Å². The van der Waals surface area contributed by atoms with Crippen LogP contribution in [0.25, 0.3) is 0 Å². The highest BCUT2D eigenvalue weighted by Crippen LogP contribution is 2.14. The van der Waals surface area contributed by atoms with Crippen LogP contribution in [0.4, 0.5) is 35.7 Å². The Morgan fingerprint density at radius 1 is 0.500 bits per heavy atom. The second-order valence-corrected chi connectivity index (χ2v) is 6.23. The molecule has 0 fully saturated rings. The van der Waals surface area contributed by atoms with Gasteiger partial charge in [0.2, 0.25) is 35.7 Å². The highest BCUT2D eigenvalue weighted by molar-refractivity contribution is 5.44. The van der Waals surface area contributed by atoms with E-state index in [0.29, 0.717) is 17.8 Å². The minimum Gasteiger partial charge on any atom is -0.376 e. The summed E-state index contributed by atoms with van der Waals surface area (Å²) in [5.74, 6) is 2.37. The fourth-order valence-electron chi connectivity index (χ4n) is 1.77.